The molecule has 0 N–H and O–H groups in total. The number of halogens is 1. The zero-order valence-electron chi connectivity index (χ0n) is 8.40. The van der Waals surface area contributed by atoms with Gasteiger partial charge in [-0.1, -0.05) is 15.9 Å². The molecule has 0 bridgehead atoms. The summed E-state index contributed by atoms with van der Waals surface area (Å²) < 4.78 is 16.1. The molecule has 0 fully saturated rings. The molecule has 80 valence electrons. The van der Waals surface area contributed by atoms with Crippen molar-refractivity contribution >= 4 is 15.9 Å². The highest BCUT2D eigenvalue weighted by Gasteiger charge is 2.23. The van der Waals surface area contributed by atoms with Crippen LogP contribution in [0.2, 0.25) is 0 Å². The largest absolute Gasteiger partial charge is 0.468 e. The summed E-state index contributed by atoms with van der Waals surface area (Å²) in [7, 11) is 0. The van der Waals surface area contributed by atoms with Gasteiger partial charge >= 0.3 is 0 Å². The summed E-state index contributed by atoms with van der Waals surface area (Å²) >= 11 is 3.49. The van der Waals surface area contributed by atoms with Gasteiger partial charge in [-0.3, -0.25) is 0 Å². The van der Waals surface area contributed by atoms with Crippen LogP contribution in [0.25, 0.3) is 0 Å². The summed E-state index contributed by atoms with van der Waals surface area (Å²) in [6.07, 6.45) is 1.34. The summed E-state index contributed by atoms with van der Waals surface area (Å²) in [5.41, 5.74) is 0. The van der Waals surface area contributed by atoms with Gasteiger partial charge in [0, 0.05) is 13.2 Å². The lowest BCUT2D eigenvalue weighted by Crippen LogP contribution is -2.22. The van der Waals surface area contributed by atoms with Gasteiger partial charge in [0.05, 0.1) is 6.26 Å². The van der Waals surface area contributed by atoms with E-state index in [9.17, 15) is 0 Å². The average Bonchev–Trinajstić information content (AvgIpc) is 2.69. The van der Waals surface area contributed by atoms with Crippen molar-refractivity contribution in [1.29, 1.82) is 0 Å². The molecule has 1 unspecified atom stereocenters. The van der Waals surface area contributed by atoms with E-state index < -0.39 is 0 Å². The van der Waals surface area contributed by atoms with Crippen molar-refractivity contribution in [2.75, 3.05) is 13.2 Å². The first kappa shape index (κ1) is 11.8. The van der Waals surface area contributed by atoms with Crippen LogP contribution in [0.5, 0.6) is 0 Å². The summed E-state index contributed by atoms with van der Waals surface area (Å²) in [5, 5.41) is 0. The Hall–Kier alpha value is -0.320. The maximum atomic E-state index is 5.44. The van der Waals surface area contributed by atoms with Gasteiger partial charge in [-0.2, -0.15) is 0 Å². The van der Waals surface area contributed by atoms with Crippen molar-refractivity contribution in [2.45, 2.75) is 25.0 Å². The first-order valence-corrected chi connectivity index (χ1v) is 5.61. The van der Waals surface area contributed by atoms with Crippen molar-refractivity contribution in [1.82, 2.24) is 0 Å². The zero-order valence-corrected chi connectivity index (χ0v) is 9.99. The van der Waals surface area contributed by atoms with Crippen LogP contribution < -0.4 is 0 Å². The molecule has 0 radical (unpaired) electrons. The van der Waals surface area contributed by atoms with Crippen molar-refractivity contribution in [3.05, 3.63) is 24.2 Å². The number of rotatable bonds is 6. The first-order valence-electron chi connectivity index (χ1n) is 4.70. The second-order valence-corrected chi connectivity index (χ2v) is 3.68. The fraction of sp³-hybridized carbons (Fsp3) is 0.600. The monoisotopic (exact) mass is 262 g/mol. The van der Waals surface area contributed by atoms with E-state index in [2.05, 4.69) is 15.9 Å². The van der Waals surface area contributed by atoms with Crippen molar-refractivity contribution < 1.29 is 13.9 Å². The van der Waals surface area contributed by atoms with Crippen LogP contribution in [0.4, 0.5) is 0 Å². The second-order valence-electron chi connectivity index (χ2n) is 2.70. The molecule has 0 aromatic carbocycles. The Bertz CT molecular complexity index is 230. The number of hydrogen-bond donors (Lipinski definition) is 0. The number of furan rings is 1. The molecule has 0 aliphatic rings. The normalized spacial score (nSPS) is 13.4. The summed E-state index contributed by atoms with van der Waals surface area (Å²) in [5.74, 6) is 0.817. The molecule has 4 heteroatoms. The molecule has 1 atom stereocenters. The highest BCUT2D eigenvalue weighted by atomic mass is 79.9. The molecule has 1 heterocycles. The molecule has 1 rings (SSSR count). The van der Waals surface area contributed by atoms with Gasteiger partial charge in [0.1, 0.15) is 10.6 Å². The van der Waals surface area contributed by atoms with E-state index in [-0.39, 0.29) is 11.1 Å². The fourth-order valence-electron chi connectivity index (χ4n) is 1.13. The van der Waals surface area contributed by atoms with E-state index in [1.165, 1.54) is 0 Å². The lowest BCUT2D eigenvalue weighted by atomic mass is 10.3. The lowest BCUT2D eigenvalue weighted by molar-refractivity contribution is -0.137. The minimum absolute atomic E-state index is 0.0580. The number of hydrogen-bond acceptors (Lipinski definition) is 3. The first-order chi connectivity index (χ1) is 6.79. The fourth-order valence-corrected chi connectivity index (χ4v) is 1.69. The van der Waals surface area contributed by atoms with Crippen LogP contribution in [0, 0.1) is 0 Å². The van der Waals surface area contributed by atoms with Gasteiger partial charge in [0.2, 0.25) is 0 Å². The van der Waals surface area contributed by atoms with Gasteiger partial charge < -0.3 is 13.9 Å². The molecular formula is C10H15BrO3. The maximum absolute atomic E-state index is 5.44. The molecule has 14 heavy (non-hydrogen) atoms. The molecule has 0 aliphatic carbocycles. The van der Waals surface area contributed by atoms with E-state index in [0.29, 0.717) is 13.2 Å². The minimum Gasteiger partial charge on any atom is -0.468 e. The van der Waals surface area contributed by atoms with E-state index in [4.69, 9.17) is 13.9 Å². The highest BCUT2D eigenvalue weighted by Crippen LogP contribution is 2.29. The molecule has 0 amide bonds. The molecule has 1 aromatic heterocycles. The van der Waals surface area contributed by atoms with Gasteiger partial charge in [-0.05, 0) is 26.0 Å². The topological polar surface area (TPSA) is 31.6 Å². The zero-order chi connectivity index (χ0) is 10.4. The summed E-state index contributed by atoms with van der Waals surface area (Å²) in [6, 6.07) is 3.74. The molecule has 1 aromatic rings. The van der Waals surface area contributed by atoms with Crippen LogP contribution in [0.3, 0.4) is 0 Å². The van der Waals surface area contributed by atoms with Crippen LogP contribution in [-0.2, 0) is 9.47 Å². The Balaban J connectivity index is 2.58. The van der Waals surface area contributed by atoms with Gasteiger partial charge in [-0.25, -0.2) is 0 Å². The third kappa shape index (κ3) is 3.12. The van der Waals surface area contributed by atoms with Crippen LogP contribution in [0.15, 0.2) is 22.8 Å². The van der Waals surface area contributed by atoms with Gasteiger partial charge in [0.15, 0.2) is 6.29 Å². The van der Waals surface area contributed by atoms with Crippen molar-refractivity contribution in [3.8, 4) is 0 Å². The average molecular weight is 263 g/mol. The smallest absolute Gasteiger partial charge is 0.177 e. The Morgan fingerprint density at radius 2 is 2.00 bits per heavy atom. The van der Waals surface area contributed by atoms with Crippen LogP contribution >= 0.6 is 15.9 Å². The predicted octanol–water partition coefficient (Wildman–Crippen LogP) is 3.11. The van der Waals surface area contributed by atoms with Crippen molar-refractivity contribution in [2.24, 2.45) is 0 Å². The van der Waals surface area contributed by atoms with Gasteiger partial charge in [-0.15, -0.1) is 0 Å². The van der Waals surface area contributed by atoms with Gasteiger partial charge in [0.25, 0.3) is 0 Å². The van der Waals surface area contributed by atoms with E-state index >= 15 is 0 Å². The molecule has 3 nitrogen and oxygen atoms in total. The van der Waals surface area contributed by atoms with E-state index in [1.54, 1.807) is 6.26 Å². The number of alkyl halides is 1. The van der Waals surface area contributed by atoms with Crippen molar-refractivity contribution in [3.63, 3.8) is 0 Å². The molecule has 0 saturated heterocycles. The molecular weight excluding hydrogens is 248 g/mol. The molecule has 0 aliphatic heterocycles. The predicted molar refractivity (Wildman–Crippen MR) is 57.4 cm³/mol. The Kier molecular flexibility index (Phi) is 5.22. The van der Waals surface area contributed by atoms with E-state index in [0.717, 1.165) is 5.76 Å². The summed E-state index contributed by atoms with van der Waals surface area (Å²) in [6.45, 7) is 5.11. The summed E-state index contributed by atoms with van der Waals surface area (Å²) in [4.78, 5) is -0.0580. The Labute approximate surface area is 92.5 Å². The minimum atomic E-state index is -0.295. The maximum Gasteiger partial charge on any atom is 0.177 e. The number of ether oxygens (including phenoxy) is 2. The second kappa shape index (κ2) is 6.22. The third-order valence-corrected chi connectivity index (χ3v) is 2.60. The highest BCUT2D eigenvalue weighted by molar-refractivity contribution is 9.09. The van der Waals surface area contributed by atoms with Crippen LogP contribution in [0.1, 0.15) is 24.4 Å². The standard InChI is InChI=1S/C10H15BrO3/c1-3-12-10(13-4-2)9(11)8-6-5-7-14-8/h5-7,9-10H,3-4H2,1-2H3. The van der Waals surface area contributed by atoms with E-state index in [1.807, 2.05) is 26.0 Å². The quantitative estimate of drug-likeness (QED) is 0.583. The molecule has 0 spiro atoms. The lowest BCUT2D eigenvalue weighted by Gasteiger charge is -2.20. The van der Waals surface area contributed by atoms with Crippen LogP contribution in [-0.4, -0.2) is 19.5 Å². The SMILES string of the molecule is CCOC(OCC)C(Br)c1ccco1. The Morgan fingerprint density at radius 3 is 2.43 bits per heavy atom. The molecule has 0 saturated carbocycles. The third-order valence-electron chi connectivity index (χ3n) is 1.72. The Morgan fingerprint density at radius 1 is 1.36 bits per heavy atom.